The molecular weight excluding hydrogens is 300 g/mol. The van der Waals surface area contributed by atoms with Gasteiger partial charge < -0.3 is 19.3 Å². The maximum absolute atomic E-state index is 11.9. The fourth-order valence-electron chi connectivity index (χ4n) is 1.86. The molecule has 1 N–H and O–H groups in total. The molecule has 1 heterocycles. The topological polar surface area (TPSA) is 90.7 Å². The molecule has 1 amide bonds. The van der Waals surface area contributed by atoms with Gasteiger partial charge in [0.25, 0.3) is 5.91 Å². The van der Waals surface area contributed by atoms with Crippen LogP contribution in [0.5, 0.6) is 5.75 Å². The van der Waals surface area contributed by atoms with Crippen LogP contribution in [0.4, 0.5) is 5.82 Å². The van der Waals surface area contributed by atoms with E-state index in [0.717, 1.165) is 5.56 Å². The number of aryl methyl sites for hydroxylation is 1. The van der Waals surface area contributed by atoms with E-state index in [-0.39, 0.29) is 12.2 Å². The van der Waals surface area contributed by atoms with E-state index in [2.05, 4.69) is 10.5 Å². The van der Waals surface area contributed by atoms with Gasteiger partial charge in [-0.1, -0.05) is 17.3 Å². The van der Waals surface area contributed by atoms with E-state index in [1.165, 1.54) is 6.92 Å². The van der Waals surface area contributed by atoms with E-state index in [4.69, 9.17) is 14.0 Å². The summed E-state index contributed by atoms with van der Waals surface area (Å²) in [5.74, 6) is 0.600. The van der Waals surface area contributed by atoms with Crippen LogP contribution in [0.1, 0.15) is 18.2 Å². The first-order valence-electron chi connectivity index (χ1n) is 7.04. The van der Waals surface area contributed by atoms with E-state index in [0.29, 0.717) is 11.5 Å². The Morgan fingerprint density at radius 2 is 2.00 bits per heavy atom. The summed E-state index contributed by atoms with van der Waals surface area (Å²) < 4.78 is 15.0. The molecule has 0 aliphatic carbocycles. The highest BCUT2D eigenvalue weighted by atomic mass is 16.5. The molecular formula is C16H18N2O5. The second kappa shape index (κ2) is 7.44. The lowest BCUT2D eigenvalue weighted by molar-refractivity contribution is -0.152. The minimum absolute atomic E-state index is 0.0741. The van der Waals surface area contributed by atoms with E-state index in [9.17, 15) is 9.59 Å². The second-order valence-electron chi connectivity index (χ2n) is 4.97. The van der Waals surface area contributed by atoms with Crippen molar-refractivity contribution in [1.82, 2.24) is 5.16 Å². The highest BCUT2D eigenvalue weighted by Crippen LogP contribution is 2.13. The van der Waals surface area contributed by atoms with Gasteiger partial charge in [0, 0.05) is 6.07 Å². The van der Waals surface area contributed by atoms with Gasteiger partial charge in [0.2, 0.25) is 0 Å². The van der Waals surface area contributed by atoms with Crippen molar-refractivity contribution in [2.24, 2.45) is 0 Å². The molecule has 1 aromatic heterocycles. The molecule has 2 rings (SSSR count). The maximum Gasteiger partial charge on any atom is 0.311 e. The van der Waals surface area contributed by atoms with Gasteiger partial charge in [-0.2, -0.15) is 0 Å². The van der Waals surface area contributed by atoms with Crippen molar-refractivity contribution in [1.29, 1.82) is 0 Å². The van der Waals surface area contributed by atoms with Gasteiger partial charge >= 0.3 is 5.97 Å². The van der Waals surface area contributed by atoms with E-state index >= 15 is 0 Å². The van der Waals surface area contributed by atoms with Crippen LogP contribution in [-0.2, 0) is 20.7 Å². The Morgan fingerprint density at radius 1 is 1.30 bits per heavy atom. The predicted molar refractivity (Wildman–Crippen MR) is 82.1 cm³/mol. The van der Waals surface area contributed by atoms with Gasteiger partial charge in [0.15, 0.2) is 11.9 Å². The highest BCUT2D eigenvalue weighted by Gasteiger charge is 2.19. The lowest BCUT2D eigenvalue weighted by Crippen LogP contribution is -2.30. The summed E-state index contributed by atoms with van der Waals surface area (Å²) in [7, 11) is 1.57. The molecule has 1 unspecified atom stereocenters. The van der Waals surface area contributed by atoms with Gasteiger partial charge in [-0.25, -0.2) is 0 Å². The summed E-state index contributed by atoms with van der Waals surface area (Å²) in [6.45, 7) is 3.20. The predicted octanol–water partition coefficient (Wildman–Crippen LogP) is 2.10. The van der Waals surface area contributed by atoms with Crippen LogP contribution in [0.25, 0.3) is 0 Å². The van der Waals surface area contributed by atoms with Gasteiger partial charge in [0.1, 0.15) is 11.5 Å². The zero-order valence-corrected chi connectivity index (χ0v) is 13.2. The number of esters is 1. The Bertz CT molecular complexity index is 678. The quantitative estimate of drug-likeness (QED) is 0.820. The van der Waals surface area contributed by atoms with Gasteiger partial charge in [-0.15, -0.1) is 0 Å². The first-order chi connectivity index (χ1) is 11.0. The minimum atomic E-state index is -0.933. The molecule has 1 atom stereocenters. The van der Waals surface area contributed by atoms with Crippen molar-refractivity contribution in [3.8, 4) is 5.75 Å². The van der Waals surface area contributed by atoms with Crippen LogP contribution in [0.2, 0.25) is 0 Å². The third-order valence-electron chi connectivity index (χ3n) is 3.06. The number of carbonyl (C=O) groups excluding carboxylic acids is 2. The number of methoxy groups -OCH3 is 1. The average molecular weight is 318 g/mol. The lowest BCUT2D eigenvalue weighted by atomic mass is 10.1. The average Bonchev–Trinajstić information content (AvgIpc) is 2.93. The third-order valence-corrected chi connectivity index (χ3v) is 3.06. The Labute approximate surface area is 133 Å². The van der Waals surface area contributed by atoms with Crippen molar-refractivity contribution >= 4 is 17.7 Å². The zero-order valence-electron chi connectivity index (χ0n) is 13.2. The van der Waals surface area contributed by atoms with Crippen molar-refractivity contribution in [3.05, 3.63) is 41.7 Å². The number of carbonyl (C=O) groups is 2. The van der Waals surface area contributed by atoms with E-state index in [1.54, 1.807) is 44.4 Å². The van der Waals surface area contributed by atoms with Crippen molar-refractivity contribution in [3.63, 3.8) is 0 Å². The monoisotopic (exact) mass is 318 g/mol. The molecule has 0 bridgehead atoms. The third kappa shape index (κ3) is 4.84. The number of aromatic nitrogens is 1. The molecule has 0 fully saturated rings. The Morgan fingerprint density at radius 3 is 2.57 bits per heavy atom. The van der Waals surface area contributed by atoms with Gasteiger partial charge in [-0.3, -0.25) is 9.59 Å². The first-order valence-corrected chi connectivity index (χ1v) is 7.04. The molecule has 0 radical (unpaired) electrons. The Kier molecular flexibility index (Phi) is 5.35. The minimum Gasteiger partial charge on any atom is -0.497 e. The summed E-state index contributed by atoms with van der Waals surface area (Å²) in [6, 6.07) is 8.62. The van der Waals surface area contributed by atoms with Crippen molar-refractivity contribution < 1.29 is 23.6 Å². The molecule has 7 heteroatoms. The maximum atomic E-state index is 11.9. The molecule has 0 saturated carbocycles. The van der Waals surface area contributed by atoms with Crippen LogP contribution in [0, 0.1) is 6.92 Å². The first kappa shape index (κ1) is 16.5. The molecule has 0 saturated heterocycles. The van der Waals surface area contributed by atoms with E-state index < -0.39 is 18.0 Å². The van der Waals surface area contributed by atoms with Crippen LogP contribution < -0.4 is 10.1 Å². The highest BCUT2D eigenvalue weighted by molar-refractivity contribution is 5.94. The van der Waals surface area contributed by atoms with Gasteiger partial charge in [0.05, 0.1) is 13.5 Å². The van der Waals surface area contributed by atoms with Gasteiger partial charge in [-0.05, 0) is 31.5 Å². The molecule has 0 aliphatic heterocycles. The lowest BCUT2D eigenvalue weighted by Gasteiger charge is -2.12. The Balaban J connectivity index is 1.84. The SMILES string of the molecule is COc1ccc(CC(=O)OC(C)C(=O)Nc2cc(C)on2)cc1. The molecule has 7 nitrogen and oxygen atoms in total. The molecule has 2 aromatic rings. The van der Waals surface area contributed by atoms with Crippen LogP contribution in [0.15, 0.2) is 34.9 Å². The Hall–Kier alpha value is -2.83. The van der Waals surface area contributed by atoms with Crippen LogP contribution in [-0.4, -0.2) is 30.2 Å². The number of hydrogen-bond acceptors (Lipinski definition) is 6. The second-order valence-corrected chi connectivity index (χ2v) is 4.97. The molecule has 0 spiro atoms. The van der Waals surface area contributed by atoms with E-state index in [1.807, 2.05) is 0 Å². The molecule has 122 valence electrons. The van der Waals surface area contributed by atoms with Crippen LogP contribution in [0.3, 0.4) is 0 Å². The molecule has 1 aromatic carbocycles. The summed E-state index contributed by atoms with van der Waals surface area (Å²) in [5, 5.41) is 6.15. The normalized spacial score (nSPS) is 11.6. The summed E-state index contributed by atoms with van der Waals surface area (Å²) in [6.07, 6.45) is -0.859. The van der Waals surface area contributed by atoms with Crippen molar-refractivity contribution in [2.45, 2.75) is 26.4 Å². The zero-order chi connectivity index (χ0) is 16.8. The summed E-state index contributed by atoms with van der Waals surface area (Å²) >= 11 is 0. The largest absolute Gasteiger partial charge is 0.497 e. The smallest absolute Gasteiger partial charge is 0.311 e. The fourth-order valence-corrected chi connectivity index (χ4v) is 1.86. The number of nitrogens with one attached hydrogen (secondary N) is 1. The number of anilines is 1. The number of amides is 1. The molecule has 0 aliphatic rings. The number of hydrogen-bond donors (Lipinski definition) is 1. The molecule has 23 heavy (non-hydrogen) atoms. The number of rotatable bonds is 6. The summed E-state index contributed by atoms with van der Waals surface area (Å²) in [4.78, 5) is 23.8. The van der Waals surface area contributed by atoms with Crippen LogP contribution >= 0.6 is 0 Å². The number of benzene rings is 1. The van der Waals surface area contributed by atoms with Crippen molar-refractivity contribution in [2.75, 3.05) is 12.4 Å². The standard InChI is InChI=1S/C16H18N2O5/c1-10-8-14(18-23-10)17-16(20)11(2)22-15(19)9-12-4-6-13(21-3)7-5-12/h4-8,11H,9H2,1-3H3,(H,17,18,20). The fraction of sp³-hybridized carbons (Fsp3) is 0.312. The number of nitrogens with zero attached hydrogens (tertiary/aromatic N) is 1. The number of ether oxygens (including phenoxy) is 2. The summed E-state index contributed by atoms with van der Waals surface area (Å²) in [5.41, 5.74) is 0.774.